The van der Waals surface area contributed by atoms with Crippen LogP contribution in [-0.2, 0) is 14.3 Å². The molecule has 1 aromatic rings. The molecule has 144 valence electrons. The second kappa shape index (κ2) is 11.2. The van der Waals surface area contributed by atoms with Crippen LogP contribution in [0.1, 0.15) is 39.2 Å². The number of alkyl carbamates (subject to hydrolysis) is 1. The average molecular weight is 363 g/mol. The third-order valence-corrected chi connectivity index (χ3v) is 3.94. The summed E-state index contributed by atoms with van der Waals surface area (Å²) < 4.78 is 15.4. The molecule has 1 atom stereocenters. The van der Waals surface area contributed by atoms with Crippen LogP contribution in [0.2, 0.25) is 0 Å². The van der Waals surface area contributed by atoms with Crippen molar-refractivity contribution < 1.29 is 23.8 Å². The lowest BCUT2D eigenvalue weighted by Gasteiger charge is -2.16. The van der Waals surface area contributed by atoms with Crippen LogP contribution in [0.15, 0.2) is 36.4 Å². The lowest BCUT2D eigenvalue weighted by Crippen LogP contribution is -2.29. The summed E-state index contributed by atoms with van der Waals surface area (Å²) >= 11 is 0. The van der Waals surface area contributed by atoms with Gasteiger partial charge >= 0.3 is 12.1 Å². The Morgan fingerprint density at radius 3 is 2.27 bits per heavy atom. The minimum absolute atomic E-state index is 0.0679. The molecule has 1 N–H and O–H groups in total. The molecule has 0 saturated carbocycles. The van der Waals surface area contributed by atoms with Crippen LogP contribution in [0.4, 0.5) is 4.79 Å². The highest BCUT2D eigenvalue weighted by Crippen LogP contribution is 2.25. The number of nitrogens with one attached hydrogen (secondary N) is 1. The van der Waals surface area contributed by atoms with E-state index in [9.17, 15) is 9.59 Å². The first-order valence-corrected chi connectivity index (χ1v) is 8.77. The molecule has 1 amide bonds. The van der Waals surface area contributed by atoms with E-state index in [4.69, 9.17) is 14.2 Å². The van der Waals surface area contributed by atoms with Gasteiger partial charge in [0.05, 0.1) is 6.54 Å². The molecule has 0 heterocycles. The minimum atomic E-state index is -0.582. The van der Waals surface area contributed by atoms with Crippen molar-refractivity contribution >= 4 is 12.1 Å². The van der Waals surface area contributed by atoms with Crippen LogP contribution in [0.25, 0.3) is 0 Å². The molecule has 0 aliphatic carbocycles. The van der Waals surface area contributed by atoms with Crippen LogP contribution in [0.3, 0.4) is 0 Å². The maximum atomic E-state index is 11.5. The van der Waals surface area contributed by atoms with Crippen LogP contribution >= 0.6 is 0 Å². The van der Waals surface area contributed by atoms with Gasteiger partial charge in [-0.05, 0) is 36.5 Å². The molecule has 0 aliphatic heterocycles. The Hall–Kier alpha value is -2.50. The number of amides is 1. The fraction of sp³-hybridized carbons (Fsp3) is 0.500. The summed E-state index contributed by atoms with van der Waals surface area (Å²) in [7, 11) is 0. The predicted molar refractivity (Wildman–Crippen MR) is 100 cm³/mol. The molecule has 0 spiro atoms. The Labute approximate surface area is 155 Å². The highest BCUT2D eigenvalue weighted by atomic mass is 16.6. The molecule has 0 bridgehead atoms. The quantitative estimate of drug-likeness (QED) is 0.390. The fourth-order valence-electron chi connectivity index (χ4n) is 2.02. The number of hydrogen-bond donors (Lipinski definition) is 1. The van der Waals surface area contributed by atoms with Gasteiger partial charge in [0.15, 0.2) is 0 Å². The van der Waals surface area contributed by atoms with E-state index in [1.165, 1.54) is 5.56 Å². The molecule has 26 heavy (non-hydrogen) atoms. The van der Waals surface area contributed by atoms with Crippen molar-refractivity contribution in [2.24, 2.45) is 5.92 Å². The van der Waals surface area contributed by atoms with Gasteiger partial charge in [-0.3, -0.25) is 0 Å². The zero-order valence-corrected chi connectivity index (χ0v) is 16.0. The van der Waals surface area contributed by atoms with E-state index in [2.05, 4.69) is 44.8 Å². The first-order valence-electron chi connectivity index (χ1n) is 8.77. The smallest absolute Gasteiger partial charge is 0.407 e. The molecule has 0 fully saturated rings. The van der Waals surface area contributed by atoms with Crippen molar-refractivity contribution in [1.29, 1.82) is 0 Å². The summed E-state index contributed by atoms with van der Waals surface area (Å²) in [5.74, 6) is 1.33. The number of carbonyl (C=O) groups is 2. The number of hydrogen-bond acceptors (Lipinski definition) is 5. The lowest BCUT2D eigenvalue weighted by molar-refractivity contribution is -0.138. The molecular formula is C20H29NO5. The van der Waals surface area contributed by atoms with E-state index in [0.29, 0.717) is 17.4 Å². The van der Waals surface area contributed by atoms with Crippen LogP contribution in [-0.4, -0.2) is 38.4 Å². The average Bonchev–Trinajstić information content (AvgIpc) is 2.61. The standard InChI is InChI=1S/C20H29NO5/c1-14(2)16(5)17-6-8-18(9-7-17)24-12-13-26-20(23)21-10-11-25-19(22)15(3)4/h6-9,14,16H,3,10-13H2,1-2,4-5H3,(H,21,23). The van der Waals surface area contributed by atoms with Crippen molar-refractivity contribution in [3.8, 4) is 5.75 Å². The van der Waals surface area contributed by atoms with Gasteiger partial charge in [0.2, 0.25) is 0 Å². The Morgan fingerprint density at radius 1 is 1.04 bits per heavy atom. The van der Waals surface area contributed by atoms with Gasteiger partial charge in [0.25, 0.3) is 0 Å². The highest BCUT2D eigenvalue weighted by Gasteiger charge is 2.09. The van der Waals surface area contributed by atoms with E-state index in [1.807, 2.05) is 12.1 Å². The topological polar surface area (TPSA) is 73.9 Å². The van der Waals surface area contributed by atoms with Crippen molar-refractivity contribution in [2.75, 3.05) is 26.4 Å². The summed E-state index contributed by atoms with van der Waals surface area (Å²) in [6, 6.07) is 7.95. The zero-order valence-electron chi connectivity index (χ0n) is 16.0. The van der Waals surface area contributed by atoms with Crippen molar-refractivity contribution in [2.45, 2.75) is 33.6 Å². The molecule has 6 heteroatoms. The second-order valence-electron chi connectivity index (χ2n) is 6.43. The van der Waals surface area contributed by atoms with Gasteiger partial charge in [-0.1, -0.05) is 39.5 Å². The Balaban J connectivity index is 2.17. The summed E-state index contributed by atoms with van der Waals surface area (Å²) in [6.07, 6.45) is -0.582. The number of carbonyl (C=O) groups excluding carboxylic acids is 2. The molecule has 1 aromatic carbocycles. The second-order valence-corrected chi connectivity index (χ2v) is 6.43. The summed E-state index contributed by atoms with van der Waals surface area (Å²) in [5, 5.41) is 2.48. The predicted octanol–water partition coefficient (Wildman–Crippen LogP) is 3.67. The largest absolute Gasteiger partial charge is 0.490 e. The molecule has 0 aromatic heterocycles. The molecule has 0 radical (unpaired) electrons. The normalized spacial score (nSPS) is 11.6. The molecule has 1 unspecified atom stereocenters. The van der Waals surface area contributed by atoms with Crippen molar-refractivity contribution in [3.05, 3.63) is 42.0 Å². The molecule has 0 aliphatic rings. The highest BCUT2D eigenvalue weighted by molar-refractivity contribution is 5.86. The minimum Gasteiger partial charge on any atom is -0.490 e. The molecular weight excluding hydrogens is 334 g/mol. The van der Waals surface area contributed by atoms with Crippen molar-refractivity contribution in [1.82, 2.24) is 5.32 Å². The van der Waals surface area contributed by atoms with Crippen LogP contribution in [0, 0.1) is 5.92 Å². The Bertz CT molecular complexity index is 595. The Morgan fingerprint density at radius 2 is 1.69 bits per heavy atom. The summed E-state index contributed by atoms with van der Waals surface area (Å²) in [6.45, 7) is 12.2. The zero-order chi connectivity index (χ0) is 19.5. The van der Waals surface area contributed by atoms with E-state index >= 15 is 0 Å². The molecule has 0 saturated heterocycles. The SMILES string of the molecule is C=C(C)C(=O)OCCNC(=O)OCCOc1ccc(C(C)C(C)C)cc1. The number of ether oxygens (including phenoxy) is 3. The maximum Gasteiger partial charge on any atom is 0.407 e. The fourth-order valence-corrected chi connectivity index (χ4v) is 2.02. The van der Waals surface area contributed by atoms with Gasteiger partial charge in [-0.15, -0.1) is 0 Å². The van der Waals surface area contributed by atoms with Gasteiger partial charge in [0.1, 0.15) is 25.6 Å². The van der Waals surface area contributed by atoms with E-state index in [0.717, 1.165) is 5.75 Å². The number of esters is 1. The number of benzene rings is 1. The van der Waals surface area contributed by atoms with Gasteiger partial charge in [-0.2, -0.15) is 0 Å². The Kier molecular flexibility index (Phi) is 9.26. The molecule has 6 nitrogen and oxygen atoms in total. The lowest BCUT2D eigenvalue weighted by atomic mass is 9.90. The van der Waals surface area contributed by atoms with Gasteiger partial charge in [-0.25, -0.2) is 9.59 Å². The van der Waals surface area contributed by atoms with Gasteiger partial charge in [0, 0.05) is 5.57 Å². The van der Waals surface area contributed by atoms with Crippen LogP contribution < -0.4 is 10.1 Å². The number of rotatable bonds is 10. The molecule has 1 rings (SSSR count). The van der Waals surface area contributed by atoms with Gasteiger partial charge < -0.3 is 19.5 Å². The summed E-state index contributed by atoms with van der Waals surface area (Å²) in [4.78, 5) is 22.6. The van der Waals surface area contributed by atoms with E-state index in [1.54, 1.807) is 6.92 Å². The first kappa shape index (κ1) is 21.5. The van der Waals surface area contributed by atoms with Crippen LogP contribution in [0.5, 0.6) is 5.75 Å². The monoisotopic (exact) mass is 363 g/mol. The first-order chi connectivity index (χ1) is 12.3. The summed E-state index contributed by atoms with van der Waals surface area (Å²) in [5.41, 5.74) is 1.59. The third-order valence-electron chi connectivity index (χ3n) is 3.94. The van der Waals surface area contributed by atoms with E-state index < -0.39 is 12.1 Å². The maximum absolute atomic E-state index is 11.5. The van der Waals surface area contributed by atoms with Crippen molar-refractivity contribution in [3.63, 3.8) is 0 Å². The van der Waals surface area contributed by atoms with E-state index in [-0.39, 0.29) is 26.4 Å². The third kappa shape index (κ3) is 8.05.